The normalized spacial score (nSPS) is 12.8. The number of nitrogens with zero attached hydrogens (tertiary/aromatic N) is 3. The number of fused-ring (bicyclic) bond motifs is 1. The predicted molar refractivity (Wildman–Crippen MR) is 173 cm³/mol. The number of nitrogens with one attached hydrogen (secondary N) is 2. The zero-order valence-electron chi connectivity index (χ0n) is 25.6. The van der Waals surface area contributed by atoms with E-state index in [1.807, 2.05) is 60.5 Å². The summed E-state index contributed by atoms with van der Waals surface area (Å²) in [4.78, 5) is 27.1. The summed E-state index contributed by atoms with van der Waals surface area (Å²) in [5.41, 5.74) is 6.46. The molecule has 0 bridgehead atoms. The van der Waals surface area contributed by atoms with Crippen LogP contribution in [-0.2, 0) is 27.9 Å². The monoisotopic (exact) mass is 649 g/mol. The van der Waals surface area contributed by atoms with E-state index < -0.39 is 27.8 Å². The molecule has 0 atom stereocenters. The molecule has 1 aliphatic rings. The molecule has 0 radical (unpaired) electrons. The number of aromatic nitrogens is 2. The van der Waals surface area contributed by atoms with Gasteiger partial charge in [-0.05, 0) is 85.7 Å². The third kappa shape index (κ3) is 8.09. The molecule has 3 N–H and O–H groups in total. The van der Waals surface area contributed by atoms with Gasteiger partial charge in [0.25, 0.3) is 10.1 Å². The number of aryl methyl sites for hydroxylation is 1. The summed E-state index contributed by atoms with van der Waals surface area (Å²) >= 11 is 0. The largest absolute Gasteiger partial charge is 0.493 e. The molecule has 1 aliphatic heterocycles. The van der Waals surface area contributed by atoms with Crippen molar-refractivity contribution >= 4 is 33.4 Å². The Balaban J connectivity index is 1.24. The van der Waals surface area contributed by atoms with Crippen molar-refractivity contribution in [2.45, 2.75) is 46.1 Å². The molecule has 2 heterocycles. The lowest BCUT2D eigenvalue weighted by Gasteiger charge is -2.31. The Morgan fingerprint density at radius 3 is 2.72 bits per heavy atom. The summed E-state index contributed by atoms with van der Waals surface area (Å²) < 4.78 is 52.7. The van der Waals surface area contributed by atoms with Crippen molar-refractivity contribution in [1.29, 1.82) is 0 Å². The van der Waals surface area contributed by atoms with E-state index in [-0.39, 0.29) is 23.7 Å². The first-order chi connectivity index (χ1) is 22.0. The highest BCUT2D eigenvalue weighted by Crippen LogP contribution is 2.36. The first-order valence-electron chi connectivity index (χ1n) is 14.9. The molecule has 3 aromatic carbocycles. The summed E-state index contributed by atoms with van der Waals surface area (Å²) in [6, 6.07) is 14.9. The smallest absolute Gasteiger partial charge is 0.320 e. The maximum atomic E-state index is 14.7. The van der Waals surface area contributed by atoms with E-state index in [0.717, 1.165) is 52.1 Å². The van der Waals surface area contributed by atoms with Gasteiger partial charge in [0.05, 0.1) is 19.3 Å². The van der Waals surface area contributed by atoms with Crippen LogP contribution >= 0.6 is 0 Å². The van der Waals surface area contributed by atoms with E-state index >= 15 is 0 Å². The number of halogens is 1. The average Bonchev–Trinajstić information content (AvgIpc) is 3.49. The Labute approximate surface area is 267 Å². The van der Waals surface area contributed by atoms with Gasteiger partial charge in [0.2, 0.25) is 5.91 Å². The maximum absolute atomic E-state index is 14.7. The topological polar surface area (TPSA) is 143 Å². The number of hydrogen-bond acceptors (Lipinski definition) is 6. The number of carbonyl (C=O) groups is 2. The predicted octanol–water partition coefficient (Wildman–Crippen LogP) is 5.46. The molecule has 0 spiro atoms. The van der Waals surface area contributed by atoms with E-state index in [2.05, 4.69) is 10.4 Å². The molecule has 0 unspecified atom stereocenters. The number of amides is 3. The molecule has 242 valence electrons. The van der Waals surface area contributed by atoms with Gasteiger partial charge < -0.3 is 20.3 Å². The second-order valence-electron chi connectivity index (χ2n) is 11.2. The molecule has 1 aromatic heterocycles. The molecular weight excluding hydrogens is 613 g/mol. The van der Waals surface area contributed by atoms with Gasteiger partial charge in [0.15, 0.2) is 0 Å². The zero-order valence-corrected chi connectivity index (χ0v) is 26.4. The lowest BCUT2D eigenvalue weighted by Crippen LogP contribution is -2.35. The second-order valence-corrected chi connectivity index (χ2v) is 12.6. The molecule has 0 aliphatic carbocycles. The fraction of sp³-hybridized carbons (Fsp3) is 0.303. The van der Waals surface area contributed by atoms with Crippen LogP contribution < -0.4 is 20.3 Å². The number of hydrogen-bond donors (Lipinski definition) is 3. The van der Waals surface area contributed by atoms with Crippen LogP contribution in [0.4, 0.5) is 20.6 Å². The van der Waals surface area contributed by atoms with Gasteiger partial charge in [0.1, 0.15) is 17.4 Å². The molecule has 3 amide bonds. The highest BCUT2D eigenvalue weighted by atomic mass is 32.2. The van der Waals surface area contributed by atoms with Crippen molar-refractivity contribution in [3.8, 4) is 16.9 Å². The van der Waals surface area contributed by atoms with Crippen LogP contribution in [0.2, 0.25) is 0 Å². The van der Waals surface area contributed by atoms with Crippen LogP contribution in [0.3, 0.4) is 0 Å². The van der Waals surface area contributed by atoms with Crippen molar-refractivity contribution in [2.75, 3.05) is 29.2 Å². The van der Waals surface area contributed by atoms with Crippen molar-refractivity contribution in [3.05, 3.63) is 95.1 Å². The van der Waals surface area contributed by atoms with Crippen molar-refractivity contribution < 1.29 is 31.7 Å². The Hall–Kier alpha value is -4.75. The molecule has 5 rings (SSSR count). The van der Waals surface area contributed by atoms with Crippen LogP contribution in [0, 0.1) is 19.7 Å². The third-order valence-electron chi connectivity index (χ3n) is 7.89. The molecular formula is C33H36FN5O6S. The minimum Gasteiger partial charge on any atom is -0.493 e. The first kappa shape index (κ1) is 32.6. The number of carbonyl (C=O) groups excluding carboxylic acids is 2. The lowest BCUT2D eigenvalue weighted by atomic mass is 9.93. The summed E-state index contributed by atoms with van der Waals surface area (Å²) in [6.45, 7) is 5.24. The van der Waals surface area contributed by atoms with Gasteiger partial charge in [-0.1, -0.05) is 24.3 Å². The Morgan fingerprint density at radius 1 is 1.11 bits per heavy atom. The average molecular weight is 650 g/mol. The molecule has 0 saturated carbocycles. The third-order valence-corrected chi connectivity index (χ3v) is 8.40. The van der Waals surface area contributed by atoms with Gasteiger partial charge in [-0.15, -0.1) is 0 Å². The summed E-state index contributed by atoms with van der Waals surface area (Å²) in [7, 11) is -4.38. The first-order valence-corrected chi connectivity index (χ1v) is 16.5. The van der Waals surface area contributed by atoms with Crippen molar-refractivity contribution in [3.63, 3.8) is 0 Å². The molecule has 0 fully saturated rings. The van der Waals surface area contributed by atoms with E-state index in [1.165, 1.54) is 18.2 Å². The SMILES string of the molecule is Cc1cccc(OCCCC(=O)N2CCCc3c(-c4cnn(Cc5cc(NC(=O)NCS(=O)(=O)O)ccc5F)c4)cccc32)c1C. The fourth-order valence-corrected chi connectivity index (χ4v) is 5.76. The summed E-state index contributed by atoms with van der Waals surface area (Å²) in [5.74, 6) is -0.573. The number of rotatable bonds is 11. The highest BCUT2D eigenvalue weighted by molar-refractivity contribution is 7.85. The molecule has 11 nitrogen and oxygen atoms in total. The van der Waals surface area contributed by atoms with Crippen LogP contribution in [0.5, 0.6) is 5.75 Å². The molecule has 13 heteroatoms. The standard InChI is InChI=1S/C33H36FN5O6S/c1-22-7-3-11-31(23(22)2)45-16-6-12-32(40)39-15-5-9-28-27(8-4-10-30(28)39)25-18-36-38(20-25)19-24-17-26(13-14-29(24)34)37-33(41)35-21-46(42,43)44/h3-4,7-8,10-11,13-14,17-18,20H,5-6,9,12,15-16,19,21H2,1-2H3,(H2,35,37,41)(H,42,43,44). The summed E-state index contributed by atoms with van der Waals surface area (Å²) in [5, 5.41) is 8.84. The quantitative estimate of drug-likeness (QED) is 0.145. The van der Waals surface area contributed by atoms with Crippen LogP contribution in [0.25, 0.3) is 11.1 Å². The van der Waals surface area contributed by atoms with Crippen molar-refractivity contribution in [1.82, 2.24) is 15.1 Å². The van der Waals surface area contributed by atoms with Gasteiger partial charge in [-0.2, -0.15) is 13.5 Å². The van der Waals surface area contributed by atoms with Crippen LogP contribution in [0.1, 0.15) is 41.5 Å². The fourth-order valence-electron chi connectivity index (χ4n) is 5.44. The second kappa shape index (κ2) is 14.1. The Morgan fingerprint density at radius 2 is 1.91 bits per heavy atom. The maximum Gasteiger partial charge on any atom is 0.320 e. The number of urea groups is 1. The van der Waals surface area contributed by atoms with Crippen LogP contribution in [-0.4, -0.2) is 53.7 Å². The van der Waals surface area contributed by atoms with E-state index in [0.29, 0.717) is 26.0 Å². The van der Waals surface area contributed by atoms with E-state index in [4.69, 9.17) is 9.29 Å². The van der Waals surface area contributed by atoms with E-state index in [1.54, 1.807) is 17.1 Å². The van der Waals surface area contributed by atoms with Gasteiger partial charge in [0, 0.05) is 41.7 Å². The van der Waals surface area contributed by atoms with Crippen LogP contribution in [0.15, 0.2) is 67.0 Å². The number of anilines is 2. The van der Waals surface area contributed by atoms with Crippen molar-refractivity contribution in [2.24, 2.45) is 0 Å². The molecule has 46 heavy (non-hydrogen) atoms. The zero-order chi connectivity index (χ0) is 32.8. The highest BCUT2D eigenvalue weighted by Gasteiger charge is 2.25. The number of benzene rings is 3. The van der Waals surface area contributed by atoms with Gasteiger partial charge in [-0.3, -0.25) is 14.0 Å². The van der Waals surface area contributed by atoms with Gasteiger partial charge >= 0.3 is 6.03 Å². The Bertz CT molecular complexity index is 1860. The Kier molecular flexibility index (Phi) is 10.0. The summed E-state index contributed by atoms with van der Waals surface area (Å²) in [6.07, 6.45) is 6.11. The molecule has 4 aromatic rings. The van der Waals surface area contributed by atoms with E-state index in [9.17, 15) is 22.4 Å². The molecule has 0 saturated heterocycles. The van der Waals surface area contributed by atoms with Gasteiger partial charge in [-0.25, -0.2) is 9.18 Å². The number of ether oxygens (including phenoxy) is 1. The minimum absolute atomic E-state index is 0.0500. The minimum atomic E-state index is -4.38. The lowest BCUT2D eigenvalue weighted by molar-refractivity contribution is -0.118.